The molecule has 0 aliphatic carbocycles. The zero-order valence-corrected chi connectivity index (χ0v) is 14.4. The van der Waals surface area contributed by atoms with Crippen molar-refractivity contribution < 1.29 is 4.79 Å². The number of nitrogens with one attached hydrogen (secondary N) is 1. The van der Waals surface area contributed by atoms with E-state index in [1.807, 2.05) is 35.9 Å². The van der Waals surface area contributed by atoms with E-state index in [-0.39, 0.29) is 5.91 Å². The Morgan fingerprint density at radius 3 is 2.96 bits per heavy atom. The molecule has 0 aromatic carbocycles. The largest absolute Gasteiger partial charge is 0.298 e. The van der Waals surface area contributed by atoms with Gasteiger partial charge < -0.3 is 0 Å². The van der Waals surface area contributed by atoms with Crippen LogP contribution in [0.1, 0.15) is 17.3 Å². The molecule has 1 N–H and O–H groups in total. The summed E-state index contributed by atoms with van der Waals surface area (Å²) in [6.07, 6.45) is 3.36. The van der Waals surface area contributed by atoms with Gasteiger partial charge in [-0.15, -0.1) is 22.7 Å². The lowest BCUT2D eigenvalue weighted by Crippen LogP contribution is -2.13. The predicted octanol–water partition coefficient (Wildman–Crippen LogP) is 3.89. The summed E-state index contributed by atoms with van der Waals surface area (Å²) in [4.78, 5) is 22.6. The number of carbonyl (C=O) groups is 1. The molecule has 0 radical (unpaired) electrons. The van der Waals surface area contributed by atoms with Crippen LogP contribution >= 0.6 is 22.7 Å². The first kappa shape index (κ1) is 15.0. The lowest BCUT2D eigenvalue weighted by atomic mass is 10.1. The maximum absolute atomic E-state index is 12.7. The molecule has 0 fully saturated rings. The Labute approximate surface area is 145 Å². The number of hydrogen-bond acceptors (Lipinski definition) is 6. The second kappa shape index (κ2) is 6.14. The molecular formula is C16H13N5OS2. The van der Waals surface area contributed by atoms with E-state index in [1.54, 1.807) is 28.4 Å². The first-order valence-corrected chi connectivity index (χ1v) is 9.13. The van der Waals surface area contributed by atoms with E-state index in [2.05, 4.69) is 15.4 Å². The van der Waals surface area contributed by atoms with Crippen molar-refractivity contribution in [3.63, 3.8) is 0 Å². The second-order valence-corrected chi connectivity index (χ2v) is 6.86. The van der Waals surface area contributed by atoms with E-state index >= 15 is 0 Å². The van der Waals surface area contributed by atoms with Gasteiger partial charge in [0, 0.05) is 18.1 Å². The van der Waals surface area contributed by atoms with E-state index in [1.165, 1.54) is 11.3 Å². The maximum Gasteiger partial charge on any atom is 0.258 e. The highest BCUT2D eigenvalue weighted by molar-refractivity contribution is 7.14. The molecule has 4 aromatic rings. The van der Waals surface area contributed by atoms with Crippen molar-refractivity contribution in [1.29, 1.82) is 0 Å². The van der Waals surface area contributed by atoms with Crippen molar-refractivity contribution in [2.75, 3.05) is 5.32 Å². The number of amides is 1. The number of hydrogen-bond donors (Lipinski definition) is 1. The fourth-order valence-corrected chi connectivity index (χ4v) is 3.68. The third-order valence-corrected chi connectivity index (χ3v) is 5.16. The first-order valence-electron chi connectivity index (χ1n) is 7.37. The summed E-state index contributed by atoms with van der Waals surface area (Å²) in [6, 6.07) is 5.78. The Morgan fingerprint density at radius 2 is 2.25 bits per heavy atom. The van der Waals surface area contributed by atoms with Crippen LogP contribution in [-0.2, 0) is 6.54 Å². The smallest absolute Gasteiger partial charge is 0.258 e. The molecule has 0 unspecified atom stereocenters. The summed E-state index contributed by atoms with van der Waals surface area (Å²) in [7, 11) is 0. The number of pyridine rings is 1. The predicted molar refractivity (Wildman–Crippen MR) is 96.6 cm³/mol. The fourth-order valence-electron chi connectivity index (χ4n) is 2.47. The Balaban J connectivity index is 1.86. The minimum Gasteiger partial charge on any atom is -0.298 e. The van der Waals surface area contributed by atoms with Gasteiger partial charge in [-0.1, -0.05) is 6.07 Å². The van der Waals surface area contributed by atoms with Crippen molar-refractivity contribution >= 4 is 44.7 Å². The molecule has 120 valence electrons. The third-order valence-electron chi connectivity index (χ3n) is 3.58. The second-order valence-electron chi connectivity index (χ2n) is 5.02. The molecule has 4 rings (SSSR count). The number of rotatable bonds is 4. The third kappa shape index (κ3) is 2.59. The van der Waals surface area contributed by atoms with Crippen molar-refractivity contribution in [3.05, 3.63) is 46.9 Å². The van der Waals surface area contributed by atoms with Gasteiger partial charge >= 0.3 is 0 Å². The Kier molecular flexibility index (Phi) is 3.83. The summed E-state index contributed by atoms with van der Waals surface area (Å²) in [5.74, 6) is -0.203. The molecular weight excluding hydrogens is 342 g/mol. The first-order chi connectivity index (χ1) is 11.8. The van der Waals surface area contributed by atoms with Crippen LogP contribution in [-0.4, -0.2) is 25.7 Å². The van der Waals surface area contributed by atoms with Gasteiger partial charge in [-0.05, 0) is 24.4 Å². The molecule has 0 aliphatic rings. The van der Waals surface area contributed by atoms with E-state index in [4.69, 9.17) is 4.98 Å². The van der Waals surface area contributed by atoms with Gasteiger partial charge in [0.2, 0.25) is 0 Å². The molecule has 0 saturated heterocycles. The molecule has 4 heterocycles. The number of fused-ring (bicyclic) bond motifs is 1. The van der Waals surface area contributed by atoms with Crippen molar-refractivity contribution in [2.24, 2.45) is 0 Å². The van der Waals surface area contributed by atoms with Gasteiger partial charge in [0.25, 0.3) is 5.91 Å². The van der Waals surface area contributed by atoms with Gasteiger partial charge in [0.15, 0.2) is 10.8 Å². The fraction of sp³-hybridized carbons (Fsp3) is 0.125. The van der Waals surface area contributed by atoms with Crippen LogP contribution in [0.15, 0.2) is 41.4 Å². The quantitative estimate of drug-likeness (QED) is 0.603. The Hall–Kier alpha value is -2.58. The summed E-state index contributed by atoms with van der Waals surface area (Å²) >= 11 is 2.98. The van der Waals surface area contributed by atoms with Gasteiger partial charge in [-0.25, -0.2) is 14.6 Å². The zero-order chi connectivity index (χ0) is 16.5. The standard InChI is InChI=1S/C16H13N5OS2/c1-2-21-14-11(9-18-21)10(15(22)20-16-17-5-7-24-16)8-12(19-14)13-4-3-6-23-13/h3-9H,2H2,1H3,(H,17,20,22). The number of thiazole rings is 1. The van der Waals surface area contributed by atoms with Crippen LogP contribution in [0, 0.1) is 0 Å². The number of anilines is 1. The van der Waals surface area contributed by atoms with Crippen LogP contribution < -0.4 is 5.32 Å². The van der Waals surface area contributed by atoms with Crippen molar-refractivity contribution in [2.45, 2.75) is 13.5 Å². The molecule has 0 atom stereocenters. The normalized spacial score (nSPS) is 11.0. The van der Waals surface area contributed by atoms with E-state index < -0.39 is 0 Å². The molecule has 4 aromatic heterocycles. The molecule has 1 amide bonds. The number of nitrogens with zero attached hydrogens (tertiary/aromatic N) is 4. The van der Waals surface area contributed by atoms with Crippen LogP contribution in [0.25, 0.3) is 21.6 Å². The average Bonchev–Trinajstić information content (AvgIpc) is 3.34. The summed E-state index contributed by atoms with van der Waals surface area (Å²) < 4.78 is 1.80. The summed E-state index contributed by atoms with van der Waals surface area (Å²) in [5, 5.41) is 12.3. The van der Waals surface area contributed by atoms with Crippen molar-refractivity contribution in [1.82, 2.24) is 19.7 Å². The lowest BCUT2D eigenvalue weighted by molar-refractivity contribution is 0.102. The van der Waals surface area contributed by atoms with E-state index in [0.717, 1.165) is 16.0 Å². The monoisotopic (exact) mass is 355 g/mol. The number of aromatic nitrogens is 4. The van der Waals surface area contributed by atoms with Crippen LogP contribution in [0.2, 0.25) is 0 Å². The maximum atomic E-state index is 12.7. The zero-order valence-electron chi connectivity index (χ0n) is 12.8. The molecule has 0 spiro atoms. The molecule has 0 bridgehead atoms. The highest BCUT2D eigenvalue weighted by Crippen LogP contribution is 2.28. The van der Waals surface area contributed by atoms with Crippen molar-refractivity contribution in [3.8, 4) is 10.6 Å². The SMILES string of the molecule is CCn1ncc2c(C(=O)Nc3nccs3)cc(-c3cccs3)nc21. The highest BCUT2D eigenvalue weighted by atomic mass is 32.1. The molecule has 24 heavy (non-hydrogen) atoms. The molecule has 0 saturated carbocycles. The molecule has 0 aliphatic heterocycles. The summed E-state index contributed by atoms with van der Waals surface area (Å²) in [5.41, 5.74) is 2.04. The van der Waals surface area contributed by atoms with E-state index in [9.17, 15) is 4.79 Å². The van der Waals surface area contributed by atoms with Gasteiger partial charge in [-0.3, -0.25) is 10.1 Å². The van der Waals surface area contributed by atoms with Gasteiger partial charge in [0.1, 0.15) is 0 Å². The van der Waals surface area contributed by atoms with Gasteiger partial charge in [0.05, 0.1) is 27.7 Å². The number of carbonyl (C=O) groups excluding carboxylic acids is 1. The Morgan fingerprint density at radius 1 is 1.33 bits per heavy atom. The number of aryl methyl sites for hydroxylation is 1. The van der Waals surface area contributed by atoms with Crippen LogP contribution in [0.4, 0.5) is 5.13 Å². The van der Waals surface area contributed by atoms with Crippen LogP contribution in [0.5, 0.6) is 0 Å². The Bertz CT molecular complexity index is 989. The topological polar surface area (TPSA) is 72.7 Å². The van der Waals surface area contributed by atoms with Crippen LogP contribution in [0.3, 0.4) is 0 Å². The van der Waals surface area contributed by atoms with E-state index in [0.29, 0.717) is 22.9 Å². The molecule has 6 nitrogen and oxygen atoms in total. The highest BCUT2D eigenvalue weighted by Gasteiger charge is 2.18. The summed E-state index contributed by atoms with van der Waals surface area (Å²) in [6.45, 7) is 2.69. The van der Waals surface area contributed by atoms with Gasteiger partial charge in [-0.2, -0.15) is 5.10 Å². The molecule has 8 heteroatoms. The number of thiophene rings is 1. The average molecular weight is 355 g/mol. The lowest BCUT2D eigenvalue weighted by Gasteiger charge is -2.07. The minimum absolute atomic E-state index is 0.203. The minimum atomic E-state index is -0.203.